The highest BCUT2D eigenvalue weighted by Crippen LogP contribution is 2.34. The number of fused-ring (bicyclic) bond motifs is 1. The van der Waals surface area contributed by atoms with Crippen LogP contribution in [0.2, 0.25) is 0 Å². The lowest BCUT2D eigenvalue weighted by Crippen LogP contribution is -2.25. The summed E-state index contributed by atoms with van der Waals surface area (Å²) < 4.78 is 22.8. The third-order valence-corrected chi connectivity index (χ3v) is 6.82. The quantitative estimate of drug-likeness (QED) is 0.630. The molecule has 0 saturated heterocycles. The summed E-state index contributed by atoms with van der Waals surface area (Å²) in [5.41, 5.74) is 0.305. The van der Waals surface area contributed by atoms with Crippen LogP contribution in [-0.4, -0.2) is 20.3 Å². The van der Waals surface area contributed by atoms with Gasteiger partial charge in [0.2, 0.25) is 0 Å². The van der Waals surface area contributed by atoms with Gasteiger partial charge in [-0.1, -0.05) is 32.1 Å². The number of aromatic nitrogens is 3. The normalized spacial score (nSPS) is 17.9. The van der Waals surface area contributed by atoms with Crippen molar-refractivity contribution in [2.45, 2.75) is 76.4 Å². The number of benzene rings is 1. The lowest BCUT2D eigenvalue weighted by atomic mass is 9.95. The van der Waals surface area contributed by atoms with Crippen molar-refractivity contribution in [2.24, 2.45) is 0 Å². The molecule has 2 aliphatic rings. The molecule has 0 aliphatic heterocycles. The van der Waals surface area contributed by atoms with Crippen molar-refractivity contribution in [1.29, 1.82) is 0 Å². The number of halogens is 1. The summed E-state index contributed by atoms with van der Waals surface area (Å²) in [5, 5.41) is 3.62. The van der Waals surface area contributed by atoms with E-state index in [0.29, 0.717) is 11.2 Å². The summed E-state index contributed by atoms with van der Waals surface area (Å²) in [6, 6.07) is 3.49. The third kappa shape index (κ3) is 3.91. The monoisotopic (exact) mass is 442 g/mol. The van der Waals surface area contributed by atoms with Crippen LogP contribution in [-0.2, 0) is 6.54 Å². The first-order valence-electron chi connectivity index (χ1n) is 11.4. The van der Waals surface area contributed by atoms with Crippen LogP contribution >= 0.6 is 0 Å². The Labute approximate surface area is 183 Å². The molecule has 2 heterocycles. The Kier molecular flexibility index (Phi) is 5.48. The number of hydrogen-bond acceptors (Lipinski definition) is 5. The SMILES string of the molecule is O=c1[nH]c(=O)n(Cc2cn(C3CCCC3)c3cc(NC4CCCCC4)c(F)cc3c2=O)o1. The number of hydrogen-bond donors (Lipinski definition) is 2. The van der Waals surface area contributed by atoms with Crippen molar-refractivity contribution in [3.8, 4) is 0 Å². The van der Waals surface area contributed by atoms with E-state index in [1.807, 2.05) is 9.55 Å². The van der Waals surface area contributed by atoms with Crippen LogP contribution in [0.3, 0.4) is 0 Å². The van der Waals surface area contributed by atoms with E-state index in [1.54, 1.807) is 12.3 Å². The molecule has 2 saturated carbocycles. The highest BCUT2D eigenvalue weighted by atomic mass is 19.1. The number of aromatic amines is 1. The zero-order valence-electron chi connectivity index (χ0n) is 17.9. The molecule has 2 aromatic heterocycles. The van der Waals surface area contributed by atoms with Crippen molar-refractivity contribution in [3.05, 3.63) is 61.0 Å². The molecule has 32 heavy (non-hydrogen) atoms. The van der Waals surface area contributed by atoms with Crippen LogP contribution < -0.4 is 22.2 Å². The van der Waals surface area contributed by atoms with Gasteiger partial charge in [0.25, 0.3) is 0 Å². The van der Waals surface area contributed by atoms with E-state index < -0.39 is 17.3 Å². The van der Waals surface area contributed by atoms with Crippen LogP contribution in [0.4, 0.5) is 10.1 Å². The first-order chi connectivity index (χ1) is 15.5. The van der Waals surface area contributed by atoms with Crippen LogP contribution in [0, 0.1) is 5.82 Å². The van der Waals surface area contributed by atoms with E-state index in [1.165, 1.54) is 12.5 Å². The Morgan fingerprint density at radius 2 is 1.75 bits per heavy atom. The second kappa shape index (κ2) is 8.44. The molecule has 1 aromatic carbocycles. The minimum atomic E-state index is -0.878. The van der Waals surface area contributed by atoms with Gasteiger partial charge in [-0.05, 0) is 37.8 Å². The fourth-order valence-electron chi connectivity index (χ4n) is 5.17. The van der Waals surface area contributed by atoms with E-state index in [9.17, 15) is 14.4 Å². The van der Waals surface area contributed by atoms with Gasteiger partial charge < -0.3 is 14.4 Å². The minimum Gasteiger partial charge on any atom is -0.380 e. The van der Waals surface area contributed by atoms with Gasteiger partial charge in [0, 0.05) is 29.2 Å². The van der Waals surface area contributed by atoms with Crippen LogP contribution in [0.5, 0.6) is 0 Å². The highest BCUT2D eigenvalue weighted by molar-refractivity contribution is 5.83. The van der Waals surface area contributed by atoms with Crippen molar-refractivity contribution >= 4 is 16.6 Å². The summed E-state index contributed by atoms with van der Waals surface area (Å²) in [6.07, 6.45) is 11.4. The van der Waals surface area contributed by atoms with Crippen molar-refractivity contribution in [2.75, 3.05) is 5.32 Å². The molecule has 0 amide bonds. The van der Waals surface area contributed by atoms with E-state index >= 15 is 4.39 Å². The lowest BCUT2D eigenvalue weighted by Gasteiger charge is -2.25. The number of pyridine rings is 1. The summed E-state index contributed by atoms with van der Waals surface area (Å²) in [6.45, 7) is -0.192. The second-order valence-corrected chi connectivity index (χ2v) is 9.00. The maximum Gasteiger partial charge on any atom is 0.440 e. The molecule has 0 bridgehead atoms. The highest BCUT2D eigenvalue weighted by Gasteiger charge is 2.23. The maximum atomic E-state index is 15.1. The Hall–Kier alpha value is -3.10. The third-order valence-electron chi connectivity index (χ3n) is 6.82. The summed E-state index contributed by atoms with van der Waals surface area (Å²) in [7, 11) is 0. The fraction of sp³-hybridized carbons (Fsp3) is 0.522. The molecule has 2 fully saturated rings. The Morgan fingerprint density at radius 3 is 2.44 bits per heavy atom. The molecule has 8 nitrogen and oxygen atoms in total. The average Bonchev–Trinajstić information content (AvgIpc) is 3.41. The van der Waals surface area contributed by atoms with Crippen molar-refractivity contribution in [1.82, 2.24) is 14.3 Å². The standard InChI is InChI=1S/C23H27FN4O4/c24-18-10-17-20(11-19(18)25-15-6-2-1-3-7-15)27(16-8-4-5-9-16)12-14(21(17)29)13-28-22(30)26-23(31)32-28/h10-12,15-16,25H,1-9,13H2,(H,26,30,31). The van der Waals surface area contributed by atoms with Gasteiger partial charge in [0.05, 0.1) is 17.7 Å². The molecule has 0 atom stereocenters. The van der Waals surface area contributed by atoms with E-state index in [0.717, 1.165) is 56.1 Å². The number of H-pyrrole nitrogens is 1. The van der Waals surface area contributed by atoms with E-state index in [2.05, 4.69) is 5.32 Å². The van der Waals surface area contributed by atoms with Gasteiger partial charge in [-0.15, -0.1) is 4.74 Å². The summed E-state index contributed by atoms with van der Waals surface area (Å²) >= 11 is 0. The predicted octanol–water partition coefficient (Wildman–Crippen LogP) is 3.49. The Bertz CT molecular complexity index is 1310. The molecular formula is C23H27FN4O4. The number of nitrogens with zero attached hydrogens (tertiary/aromatic N) is 2. The smallest absolute Gasteiger partial charge is 0.380 e. The second-order valence-electron chi connectivity index (χ2n) is 9.00. The average molecular weight is 442 g/mol. The molecular weight excluding hydrogens is 415 g/mol. The first-order valence-corrected chi connectivity index (χ1v) is 11.4. The first kappa shape index (κ1) is 20.8. The molecule has 3 aromatic rings. The van der Waals surface area contributed by atoms with E-state index in [4.69, 9.17) is 4.52 Å². The van der Waals surface area contributed by atoms with Crippen LogP contribution in [0.15, 0.2) is 37.2 Å². The topological polar surface area (TPSA) is 102 Å². The number of rotatable bonds is 5. The Balaban J connectivity index is 1.62. The molecule has 2 aliphatic carbocycles. The predicted molar refractivity (Wildman–Crippen MR) is 119 cm³/mol. The van der Waals surface area contributed by atoms with Gasteiger partial charge in [-0.25, -0.2) is 19.0 Å². The maximum absolute atomic E-state index is 15.1. The van der Waals surface area contributed by atoms with Gasteiger partial charge in [0.1, 0.15) is 5.82 Å². The zero-order chi connectivity index (χ0) is 22.2. The molecule has 170 valence electrons. The Morgan fingerprint density at radius 1 is 1.03 bits per heavy atom. The van der Waals surface area contributed by atoms with Crippen LogP contribution in [0.25, 0.3) is 10.9 Å². The summed E-state index contributed by atoms with van der Waals surface area (Å²) in [4.78, 5) is 38.5. The summed E-state index contributed by atoms with van der Waals surface area (Å²) in [5.74, 6) is -1.34. The van der Waals surface area contributed by atoms with Gasteiger partial charge in [0.15, 0.2) is 5.43 Å². The van der Waals surface area contributed by atoms with Crippen LogP contribution in [0.1, 0.15) is 69.4 Å². The molecule has 2 N–H and O–H groups in total. The molecule has 5 rings (SSSR count). The van der Waals surface area contributed by atoms with Gasteiger partial charge in [-0.3, -0.25) is 4.79 Å². The molecule has 0 unspecified atom stereocenters. The number of nitrogens with one attached hydrogen (secondary N) is 2. The van der Waals surface area contributed by atoms with E-state index in [-0.39, 0.29) is 35.0 Å². The fourth-order valence-corrected chi connectivity index (χ4v) is 5.17. The van der Waals surface area contributed by atoms with Gasteiger partial charge >= 0.3 is 11.4 Å². The number of anilines is 1. The van der Waals surface area contributed by atoms with Gasteiger partial charge in [-0.2, -0.15) is 0 Å². The largest absolute Gasteiger partial charge is 0.440 e. The molecule has 9 heteroatoms. The molecule has 0 spiro atoms. The zero-order valence-corrected chi connectivity index (χ0v) is 17.9. The van der Waals surface area contributed by atoms with Crippen molar-refractivity contribution < 1.29 is 8.91 Å². The minimum absolute atomic E-state index is 0.192. The lowest BCUT2D eigenvalue weighted by molar-refractivity contribution is 0.257. The molecule has 0 radical (unpaired) electrons. The van der Waals surface area contributed by atoms with Crippen molar-refractivity contribution in [3.63, 3.8) is 0 Å².